The van der Waals surface area contributed by atoms with Crippen molar-refractivity contribution >= 4 is 29.5 Å². The summed E-state index contributed by atoms with van der Waals surface area (Å²) in [5.74, 6) is 1.36. The minimum Gasteiger partial charge on any atom is -0.478 e. The smallest absolute Gasteiger partial charge is 0.335 e. The van der Waals surface area contributed by atoms with Crippen molar-refractivity contribution in [2.45, 2.75) is 4.08 Å². The number of carboxylic acids is 1. The molecular formula is C16H12O2S2. The highest BCUT2D eigenvalue weighted by atomic mass is 32.2. The maximum atomic E-state index is 11.3. The molecule has 1 spiro atoms. The summed E-state index contributed by atoms with van der Waals surface area (Å²) in [6, 6.07) is 14.0. The number of rotatable bonds is 1. The Morgan fingerprint density at radius 1 is 1.00 bits per heavy atom. The van der Waals surface area contributed by atoms with Crippen molar-refractivity contribution in [2.75, 3.05) is 11.5 Å². The van der Waals surface area contributed by atoms with Gasteiger partial charge in [0.2, 0.25) is 0 Å². The van der Waals surface area contributed by atoms with Crippen LogP contribution in [-0.4, -0.2) is 22.6 Å². The van der Waals surface area contributed by atoms with Gasteiger partial charge in [-0.15, -0.1) is 23.5 Å². The molecule has 100 valence electrons. The van der Waals surface area contributed by atoms with Gasteiger partial charge in [-0.05, 0) is 34.4 Å². The molecule has 2 nitrogen and oxygen atoms in total. The van der Waals surface area contributed by atoms with Gasteiger partial charge < -0.3 is 5.11 Å². The van der Waals surface area contributed by atoms with Crippen molar-refractivity contribution in [1.82, 2.24) is 0 Å². The van der Waals surface area contributed by atoms with Crippen LogP contribution in [0.3, 0.4) is 0 Å². The summed E-state index contributed by atoms with van der Waals surface area (Å²) in [6.45, 7) is 0. The maximum absolute atomic E-state index is 11.3. The maximum Gasteiger partial charge on any atom is 0.335 e. The summed E-state index contributed by atoms with van der Waals surface area (Å²) < 4.78 is -0.0998. The highest BCUT2D eigenvalue weighted by Crippen LogP contribution is 2.63. The zero-order valence-corrected chi connectivity index (χ0v) is 12.3. The first-order chi connectivity index (χ1) is 9.72. The first kappa shape index (κ1) is 12.4. The van der Waals surface area contributed by atoms with Gasteiger partial charge in [0.15, 0.2) is 0 Å². The van der Waals surface area contributed by atoms with Gasteiger partial charge in [0, 0.05) is 11.5 Å². The van der Waals surface area contributed by atoms with Gasteiger partial charge in [-0.25, -0.2) is 4.79 Å². The number of hydrogen-bond acceptors (Lipinski definition) is 3. The molecule has 1 saturated heterocycles. The minimum absolute atomic E-state index is 0.0998. The van der Waals surface area contributed by atoms with Crippen LogP contribution in [0.2, 0.25) is 0 Å². The van der Waals surface area contributed by atoms with Crippen LogP contribution in [0.25, 0.3) is 11.1 Å². The van der Waals surface area contributed by atoms with E-state index in [4.69, 9.17) is 0 Å². The van der Waals surface area contributed by atoms with Crippen LogP contribution in [0.5, 0.6) is 0 Å². The van der Waals surface area contributed by atoms with Gasteiger partial charge in [0.1, 0.15) is 4.08 Å². The van der Waals surface area contributed by atoms with Crippen LogP contribution in [0.1, 0.15) is 21.5 Å². The molecule has 1 N–H and O–H groups in total. The van der Waals surface area contributed by atoms with Crippen molar-refractivity contribution in [3.8, 4) is 11.1 Å². The number of hydrogen-bond donors (Lipinski definition) is 1. The topological polar surface area (TPSA) is 37.3 Å². The number of thioether (sulfide) groups is 2. The molecule has 1 heterocycles. The predicted molar refractivity (Wildman–Crippen MR) is 84.5 cm³/mol. The van der Waals surface area contributed by atoms with Crippen molar-refractivity contribution in [1.29, 1.82) is 0 Å². The van der Waals surface area contributed by atoms with Crippen molar-refractivity contribution in [3.63, 3.8) is 0 Å². The zero-order valence-electron chi connectivity index (χ0n) is 10.6. The van der Waals surface area contributed by atoms with Gasteiger partial charge in [0.05, 0.1) is 5.56 Å². The lowest BCUT2D eigenvalue weighted by Crippen LogP contribution is -2.13. The van der Waals surface area contributed by atoms with Crippen LogP contribution in [-0.2, 0) is 4.08 Å². The van der Waals surface area contributed by atoms with Crippen molar-refractivity contribution in [3.05, 3.63) is 59.2 Å². The minimum atomic E-state index is -0.855. The number of fused-ring (bicyclic) bond motifs is 5. The highest BCUT2D eigenvalue weighted by Gasteiger charge is 2.46. The van der Waals surface area contributed by atoms with E-state index >= 15 is 0 Å². The second-order valence-electron chi connectivity index (χ2n) is 4.92. The third kappa shape index (κ3) is 1.52. The number of carboxylic acid groups (broad SMARTS) is 1. The molecule has 20 heavy (non-hydrogen) atoms. The molecule has 0 aromatic heterocycles. The van der Waals surface area contributed by atoms with E-state index in [-0.39, 0.29) is 4.08 Å². The Labute approximate surface area is 125 Å². The Morgan fingerprint density at radius 3 is 2.45 bits per heavy atom. The summed E-state index contributed by atoms with van der Waals surface area (Å²) in [5.41, 5.74) is 5.30. The standard InChI is InChI=1S/C16H12O2S2/c17-15(18)10-5-6-12-11-3-1-2-4-13(11)16(14(12)9-10)19-7-8-20-16/h1-6,9H,7-8H2,(H,17,18). The number of carbonyl (C=O) groups is 1. The second-order valence-corrected chi connectivity index (χ2v) is 7.80. The molecule has 2 aromatic rings. The average Bonchev–Trinajstić information content (AvgIpc) is 3.06. The molecule has 0 bridgehead atoms. The molecule has 2 aromatic carbocycles. The van der Waals surface area contributed by atoms with Crippen LogP contribution in [0.4, 0.5) is 0 Å². The van der Waals surface area contributed by atoms with E-state index in [1.165, 1.54) is 16.7 Å². The molecule has 0 atom stereocenters. The highest BCUT2D eigenvalue weighted by molar-refractivity contribution is 8.20. The quantitative estimate of drug-likeness (QED) is 0.862. The fourth-order valence-electron chi connectivity index (χ4n) is 3.06. The summed E-state index contributed by atoms with van der Waals surface area (Å²) in [5, 5.41) is 9.25. The molecule has 4 rings (SSSR count). The Bertz CT molecular complexity index is 718. The van der Waals surface area contributed by atoms with E-state index < -0.39 is 5.97 Å². The third-order valence-electron chi connectivity index (χ3n) is 3.89. The van der Waals surface area contributed by atoms with Crippen LogP contribution in [0.15, 0.2) is 42.5 Å². The van der Waals surface area contributed by atoms with Gasteiger partial charge >= 0.3 is 5.97 Å². The fraction of sp³-hybridized carbons (Fsp3) is 0.188. The van der Waals surface area contributed by atoms with E-state index in [0.717, 1.165) is 17.1 Å². The van der Waals surface area contributed by atoms with E-state index in [0.29, 0.717) is 5.56 Å². The lowest BCUT2D eigenvalue weighted by atomic mass is 10.0. The van der Waals surface area contributed by atoms with Gasteiger partial charge in [-0.1, -0.05) is 30.3 Å². The normalized spacial score (nSPS) is 18.0. The molecule has 1 aliphatic heterocycles. The van der Waals surface area contributed by atoms with Gasteiger partial charge in [-0.3, -0.25) is 0 Å². The Kier molecular flexibility index (Phi) is 2.66. The lowest BCUT2D eigenvalue weighted by molar-refractivity contribution is 0.0697. The lowest BCUT2D eigenvalue weighted by Gasteiger charge is -2.24. The molecule has 1 aliphatic carbocycles. The van der Waals surface area contributed by atoms with Gasteiger partial charge in [-0.2, -0.15) is 0 Å². The first-order valence-corrected chi connectivity index (χ1v) is 8.45. The summed E-state index contributed by atoms with van der Waals surface area (Å²) in [6.07, 6.45) is 0. The molecule has 1 fully saturated rings. The zero-order chi connectivity index (χ0) is 13.7. The van der Waals surface area contributed by atoms with Crippen molar-refractivity contribution < 1.29 is 9.90 Å². The molecule has 0 radical (unpaired) electrons. The molecule has 0 amide bonds. The summed E-state index contributed by atoms with van der Waals surface area (Å²) >= 11 is 3.86. The van der Waals surface area contributed by atoms with E-state index in [1.807, 2.05) is 35.7 Å². The Hall–Kier alpha value is -1.39. The molecule has 2 aliphatic rings. The van der Waals surface area contributed by atoms with E-state index in [9.17, 15) is 9.90 Å². The fourth-order valence-corrected chi connectivity index (χ4v) is 6.45. The van der Waals surface area contributed by atoms with Crippen LogP contribution >= 0.6 is 23.5 Å². The van der Waals surface area contributed by atoms with Crippen LogP contribution < -0.4 is 0 Å². The predicted octanol–water partition coefficient (Wildman–Crippen LogP) is 4.05. The summed E-state index contributed by atoms with van der Waals surface area (Å²) in [7, 11) is 0. The van der Waals surface area contributed by atoms with E-state index in [1.54, 1.807) is 6.07 Å². The number of aromatic carboxylic acids is 1. The SMILES string of the molecule is O=C(O)c1ccc2c(c1)C1(SCCS1)c1ccccc1-2. The Balaban J connectivity index is 2.03. The molecule has 0 unspecified atom stereocenters. The summed E-state index contributed by atoms with van der Waals surface area (Å²) in [4.78, 5) is 11.3. The molecular weight excluding hydrogens is 288 g/mol. The van der Waals surface area contributed by atoms with Gasteiger partial charge in [0.25, 0.3) is 0 Å². The molecule has 0 saturated carbocycles. The second kappa shape index (κ2) is 4.30. The van der Waals surface area contributed by atoms with Crippen molar-refractivity contribution in [2.24, 2.45) is 0 Å². The van der Waals surface area contributed by atoms with E-state index in [2.05, 4.69) is 24.3 Å². The third-order valence-corrected chi connectivity index (χ3v) is 7.36. The molecule has 4 heteroatoms. The average molecular weight is 300 g/mol. The van der Waals surface area contributed by atoms with Crippen LogP contribution in [0, 0.1) is 0 Å². The largest absolute Gasteiger partial charge is 0.478 e. The Morgan fingerprint density at radius 2 is 1.70 bits per heavy atom. The monoisotopic (exact) mass is 300 g/mol. The first-order valence-electron chi connectivity index (χ1n) is 6.48. The number of benzene rings is 2.